The lowest BCUT2D eigenvalue weighted by Gasteiger charge is -2.45. The van der Waals surface area contributed by atoms with Crippen molar-refractivity contribution in [3.63, 3.8) is 0 Å². The highest BCUT2D eigenvalue weighted by molar-refractivity contribution is 6.31. The molecule has 3 aromatic rings. The number of likely N-dealkylation sites (tertiary alicyclic amines) is 1. The van der Waals surface area contributed by atoms with Crippen LogP contribution < -0.4 is 10.1 Å². The van der Waals surface area contributed by atoms with Gasteiger partial charge < -0.3 is 14.8 Å². The van der Waals surface area contributed by atoms with Crippen LogP contribution in [0.1, 0.15) is 60.3 Å². The van der Waals surface area contributed by atoms with E-state index in [2.05, 4.69) is 5.32 Å². The first-order valence-corrected chi connectivity index (χ1v) is 14.6. The number of nitrogens with zero attached hydrogens (tertiary/aromatic N) is 1. The van der Waals surface area contributed by atoms with Gasteiger partial charge in [0.2, 0.25) is 11.8 Å². The van der Waals surface area contributed by atoms with Crippen molar-refractivity contribution in [2.75, 3.05) is 19.0 Å². The average Bonchev–Trinajstić information content (AvgIpc) is 3.26. The number of hydrogen-bond donors (Lipinski definition) is 1. The summed E-state index contributed by atoms with van der Waals surface area (Å²) in [5.74, 6) is -3.41. The van der Waals surface area contributed by atoms with Crippen LogP contribution in [0.2, 0.25) is 5.02 Å². The minimum atomic E-state index is -1.12. The normalized spacial score (nSPS) is 22.2. The molecule has 216 valence electrons. The second kappa shape index (κ2) is 11.2. The quantitative estimate of drug-likeness (QED) is 0.270. The highest BCUT2D eigenvalue weighted by Gasteiger charge is 2.63. The maximum Gasteiger partial charge on any atom is 0.329 e. The standard InChI is InChI=1S/C33H31ClN2O6/c1-3-4-13-24(33(40)42-17-26(37)35-23-16-18(34)14-15-25(23)41-2)36-31(38)29-27-19-9-5-6-10-20(19)28(30(29)32(36)39)22-12-8-7-11-21(22)27/h5-12,14-16,24,27-30H,3-4,13,17H2,1-2H3,(H,35,37)/t24-,27?,28?,29-,30+/m1/s1. The molecule has 3 aliphatic carbocycles. The first-order chi connectivity index (χ1) is 20.3. The van der Waals surface area contributed by atoms with Gasteiger partial charge in [0.05, 0.1) is 24.6 Å². The molecule has 1 aliphatic heterocycles. The zero-order chi connectivity index (χ0) is 29.5. The van der Waals surface area contributed by atoms with Gasteiger partial charge in [0.15, 0.2) is 6.61 Å². The summed E-state index contributed by atoms with van der Waals surface area (Å²) in [6.45, 7) is 1.37. The molecule has 0 saturated carbocycles. The fourth-order valence-corrected chi connectivity index (χ4v) is 7.13. The van der Waals surface area contributed by atoms with Crippen LogP contribution in [0.3, 0.4) is 0 Å². The molecular formula is C33H31ClN2O6. The lowest BCUT2D eigenvalue weighted by Crippen LogP contribution is -2.47. The number of amides is 3. The van der Waals surface area contributed by atoms with Gasteiger partial charge in [-0.05, 0) is 46.9 Å². The number of rotatable bonds is 9. The fraction of sp³-hybridized carbons (Fsp3) is 0.333. The molecule has 0 unspecified atom stereocenters. The van der Waals surface area contributed by atoms with E-state index < -0.39 is 36.4 Å². The third-order valence-corrected chi connectivity index (χ3v) is 8.91. The van der Waals surface area contributed by atoms with Crippen LogP contribution >= 0.6 is 11.6 Å². The Bertz CT molecular complexity index is 1470. The van der Waals surface area contributed by atoms with Gasteiger partial charge >= 0.3 is 5.97 Å². The lowest BCUT2D eigenvalue weighted by molar-refractivity contribution is -0.160. The second-order valence-electron chi connectivity index (χ2n) is 11.0. The Labute approximate surface area is 248 Å². The summed E-state index contributed by atoms with van der Waals surface area (Å²) in [6, 6.07) is 19.6. The van der Waals surface area contributed by atoms with Crippen molar-refractivity contribution in [2.45, 2.75) is 44.1 Å². The van der Waals surface area contributed by atoms with Crippen LogP contribution in [-0.2, 0) is 23.9 Å². The first kappa shape index (κ1) is 28.0. The summed E-state index contributed by atoms with van der Waals surface area (Å²) in [5, 5.41) is 3.03. The minimum Gasteiger partial charge on any atom is -0.495 e. The van der Waals surface area contributed by atoms with E-state index >= 15 is 0 Å². The molecule has 42 heavy (non-hydrogen) atoms. The SMILES string of the molecule is CCCC[C@H](C(=O)OCC(=O)Nc1cc(Cl)ccc1OC)N1C(=O)[C@@H]2C3c4ccccc4C(c4ccccc43)[C@@H]2C1=O. The Hall–Kier alpha value is -4.17. The molecule has 1 N–H and O–H groups in total. The average molecular weight is 587 g/mol. The van der Waals surface area contributed by atoms with Gasteiger partial charge in [0, 0.05) is 16.9 Å². The summed E-state index contributed by atoms with van der Waals surface area (Å²) in [4.78, 5) is 55.6. The number of carbonyl (C=O) groups is 4. The van der Waals surface area contributed by atoms with Gasteiger partial charge in [-0.2, -0.15) is 0 Å². The number of methoxy groups -OCH3 is 1. The van der Waals surface area contributed by atoms with Crippen molar-refractivity contribution >= 4 is 41.0 Å². The summed E-state index contributed by atoms with van der Waals surface area (Å²) in [7, 11) is 1.46. The summed E-state index contributed by atoms with van der Waals surface area (Å²) in [5.41, 5.74) is 4.58. The molecule has 1 saturated heterocycles. The molecule has 1 heterocycles. The topological polar surface area (TPSA) is 102 Å². The molecule has 9 heteroatoms. The third-order valence-electron chi connectivity index (χ3n) is 8.68. The second-order valence-corrected chi connectivity index (χ2v) is 11.4. The summed E-state index contributed by atoms with van der Waals surface area (Å²) >= 11 is 6.05. The Morgan fingerprint density at radius 1 is 0.905 bits per heavy atom. The van der Waals surface area contributed by atoms with Crippen molar-refractivity contribution < 1.29 is 28.7 Å². The number of benzene rings is 3. The molecule has 0 radical (unpaired) electrons. The van der Waals surface area contributed by atoms with Crippen LogP contribution in [0.15, 0.2) is 66.7 Å². The van der Waals surface area contributed by atoms with E-state index in [1.807, 2.05) is 55.5 Å². The van der Waals surface area contributed by atoms with Crippen molar-refractivity contribution in [1.29, 1.82) is 0 Å². The third kappa shape index (κ3) is 4.54. The number of imide groups is 1. The number of ether oxygens (including phenoxy) is 2. The zero-order valence-electron chi connectivity index (χ0n) is 23.3. The molecular weight excluding hydrogens is 556 g/mol. The van der Waals surface area contributed by atoms with E-state index in [1.165, 1.54) is 13.2 Å². The van der Waals surface area contributed by atoms with Crippen LogP contribution in [0.4, 0.5) is 5.69 Å². The molecule has 4 aliphatic rings. The molecule has 0 aromatic heterocycles. The van der Waals surface area contributed by atoms with Gasteiger partial charge in [-0.1, -0.05) is 79.9 Å². The monoisotopic (exact) mass is 586 g/mol. The molecule has 8 nitrogen and oxygen atoms in total. The number of nitrogens with one attached hydrogen (secondary N) is 1. The van der Waals surface area contributed by atoms with Crippen molar-refractivity contribution in [1.82, 2.24) is 4.90 Å². The van der Waals surface area contributed by atoms with Gasteiger partial charge in [-0.25, -0.2) is 4.79 Å². The van der Waals surface area contributed by atoms with E-state index in [-0.39, 0.29) is 30.1 Å². The van der Waals surface area contributed by atoms with E-state index in [1.54, 1.807) is 12.1 Å². The van der Waals surface area contributed by atoms with Crippen LogP contribution in [-0.4, -0.2) is 48.3 Å². The van der Waals surface area contributed by atoms with Crippen molar-refractivity contribution in [2.24, 2.45) is 11.8 Å². The first-order valence-electron chi connectivity index (χ1n) is 14.2. The minimum absolute atomic E-state index is 0.255. The number of hydrogen-bond acceptors (Lipinski definition) is 6. The van der Waals surface area contributed by atoms with Crippen molar-refractivity contribution in [3.05, 3.63) is 94.0 Å². The number of anilines is 1. The molecule has 1 fully saturated rings. The molecule has 7 rings (SSSR count). The lowest BCUT2D eigenvalue weighted by atomic mass is 9.55. The van der Waals surface area contributed by atoms with Crippen LogP contribution in [0.5, 0.6) is 5.75 Å². The molecule has 3 amide bonds. The molecule has 3 atom stereocenters. The van der Waals surface area contributed by atoms with Gasteiger partial charge in [-0.3, -0.25) is 19.3 Å². The molecule has 3 aromatic carbocycles. The highest BCUT2D eigenvalue weighted by atomic mass is 35.5. The summed E-state index contributed by atoms with van der Waals surface area (Å²) < 4.78 is 10.7. The number of unbranched alkanes of at least 4 members (excludes halogenated alkanes) is 1. The van der Waals surface area contributed by atoms with E-state index in [4.69, 9.17) is 21.1 Å². The van der Waals surface area contributed by atoms with E-state index in [0.717, 1.165) is 33.6 Å². The Morgan fingerprint density at radius 3 is 1.95 bits per heavy atom. The van der Waals surface area contributed by atoms with E-state index in [9.17, 15) is 19.2 Å². The van der Waals surface area contributed by atoms with Crippen molar-refractivity contribution in [3.8, 4) is 5.75 Å². The predicted octanol–water partition coefficient (Wildman–Crippen LogP) is 5.28. The largest absolute Gasteiger partial charge is 0.495 e. The van der Waals surface area contributed by atoms with Crippen LogP contribution in [0, 0.1) is 11.8 Å². The van der Waals surface area contributed by atoms with Gasteiger partial charge in [0.25, 0.3) is 5.91 Å². The number of halogens is 1. The fourth-order valence-electron chi connectivity index (χ4n) is 6.95. The molecule has 0 spiro atoms. The van der Waals surface area contributed by atoms with Crippen LogP contribution in [0.25, 0.3) is 0 Å². The van der Waals surface area contributed by atoms with Gasteiger partial charge in [-0.15, -0.1) is 0 Å². The predicted molar refractivity (Wildman–Crippen MR) is 156 cm³/mol. The number of carbonyl (C=O) groups excluding carboxylic acids is 4. The van der Waals surface area contributed by atoms with E-state index in [0.29, 0.717) is 22.9 Å². The Morgan fingerprint density at radius 2 is 1.45 bits per heavy atom. The maximum atomic E-state index is 14.1. The maximum absolute atomic E-state index is 14.1. The Balaban J connectivity index is 1.25. The molecule has 2 bridgehead atoms. The number of esters is 1. The smallest absolute Gasteiger partial charge is 0.329 e. The zero-order valence-corrected chi connectivity index (χ0v) is 24.1. The van der Waals surface area contributed by atoms with Gasteiger partial charge in [0.1, 0.15) is 11.8 Å². The Kier molecular flexibility index (Phi) is 7.49. The highest BCUT2D eigenvalue weighted by Crippen LogP contribution is 2.61. The summed E-state index contributed by atoms with van der Waals surface area (Å²) in [6.07, 6.45) is 1.61.